The van der Waals surface area contributed by atoms with E-state index in [1.165, 1.54) is 14.1 Å². The van der Waals surface area contributed by atoms with Crippen LogP contribution in [0.3, 0.4) is 0 Å². The zero-order chi connectivity index (χ0) is 23.1. The van der Waals surface area contributed by atoms with Gasteiger partial charge in [0.05, 0.1) is 0 Å². The van der Waals surface area contributed by atoms with Crippen molar-refractivity contribution in [1.82, 2.24) is 19.6 Å². The van der Waals surface area contributed by atoms with Crippen molar-refractivity contribution < 1.29 is 40.6 Å². The van der Waals surface area contributed by atoms with Gasteiger partial charge >= 0.3 is 12.4 Å². The Kier molecular flexibility index (Phi) is 5.33. The lowest BCUT2D eigenvalue weighted by atomic mass is 10.2. The van der Waals surface area contributed by atoms with Crippen LogP contribution in [0.25, 0.3) is 0 Å². The number of amides is 1. The van der Waals surface area contributed by atoms with Crippen LogP contribution < -0.4 is 15.2 Å². The van der Waals surface area contributed by atoms with Crippen LogP contribution in [-0.4, -0.2) is 25.5 Å². The monoisotopic (exact) mass is 449 g/mol. The fraction of sp³-hybridized carbons (Fsp3) is 0.235. The van der Waals surface area contributed by atoms with Crippen LogP contribution in [0.4, 0.5) is 26.3 Å². The summed E-state index contributed by atoms with van der Waals surface area (Å²) in [4.78, 5) is 11.6. The second kappa shape index (κ2) is 7.52. The molecule has 0 aliphatic heterocycles. The first-order valence-corrected chi connectivity index (χ1v) is 8.27. The summed E-state index contributed by atoms with van der Waals surface area (Å²) in [6, 6.07) is 4.66. The van der Waals surface area contributed by atoms with Crippen molar-refractivity contribution in [2.45, 2.75) is 12.4 Å². The summed E-state index contributed by atoms with van der Waals surface area (Å²) in [7, 11) is 2.41. The third-order valence-corrected chi connectivity index (χ3v) is 3.86. The van der Waals surface area contributed by atoms with E-state index in [1.54, 1.807) is 0 Å². The van der Waals surface area contributed by atoms with Gasteiger partial charge in [-0.05, 0) is 12.1 Å². The Balaban J connectivity index is 1.95. The van der Waals surface area contributed by atoms with E-state index < -0.39 is 29.6 Å². The van der Waals surface area contributed by atoms with Crippen molar-refractivity contribution in [2.75, 3.05) is 0 Å². The summed E-state index contributed by atoms with van der Waals surface area (Å²) in [6.07, 6.45) is -9.42. The number of rotatable bonds is 5. The quantitative estimate of drug-likeness (QED) is 0.597. The first kappa shape index (κ1) is 22.0. The number of benzene rings is 1. The molecule has 0 atom stereocenters. The van der Waals surface area contributed by atoms with Gasteiger partial charge in [-0.3, -0.25) is 4.79 Å². The molecule has 0 aliphatic carbocycles. The van der Waals surface area contributed by atoms with Crippen molar-refractivity contribution in [3.05, 3.63) is 47.3 Å². The van der Waals surface area contributed by atoms with E-state index in [9.17, 15) is 31.1 Å². The predicted molar refractivity (Wildman–Crippen MR) is 91.5 cm³/mol. The second-order valence-corrected chi connectivity index (χ2v) is 6.24. The smallest absolute Gasteiger partial charge is 0.435 e. The lowest BCUT2D eigenvalue weighted by Gasteiger charge is -2.11. The highest BCUT2D eigenvalue weighted by Crippen LogP contribution is 2.35. The van der Waals surface area contributed by atoms with Crippen LogP contribution in [0.15, 0.2) is 30.3 Å². The number of primary amides is 1. The number of nitrogens with zero attached hydrogens (tertiary/aromatic N) is 4. The highest BCUT2D eigenvalue weighted by Gasteiger charge is 2.36. The van der Waals surface area contributed by atoms with Gasteiger partial charge < -0.3 is 15.2 Å². The highest BCUT2D eigenvalue weighted by molar-refractivity contribution is 5.93. The first-order valence-electron chi connectivity index (χ1n) is 8.27. The van der Waals surface area contributed by atoms with Crippen LogP contribution in [-0.2, 0) is 26.4 Å². The average molecular weight is 449 g/mol. The van der Waals surface area contributed by atoms with Gasteiger partial charge in [0, 0.05) is 37.9 Å². The van der Waals surface area contributed by atoms with Crippen molar-refractivity contribution in [3.63, 3.8) is 0 Å². The Morgan fingerprint density at radius 3 is 1.48 bits per heavy atom. The second-order valence-electron chi connectivity index (χ2n) is 6.24. The largest absolute Gasteiger partial charge is 0.439 e. The van der Waals surface area contributed by atoms with Gasteiger partial charge in [-0.1, -0.05) is 0 Å². The highest BCUT2D eigenvalue weighted by atomic mass is 19.4. The maximum atomic E-state index is 12.8. The molecule has 0 bridgehead atoms. The number of aryl methyl sites for hydroxylation is 2. The number of alkyl halides is 6. The molecule has 31 heavy (non-hydrogen) atoms. The number of hydrogen-bond acceptors (Lipinski definition) is 5. The molecular weight excluding hydrogens is 436 g/mol. The number of nitrogens with two attached hydrogens (primary N) is 1. The van der Waals surface area contributed by atoms with Crippen molar-refractivity contribution in [1.29, 1.82) is 0 Å². The molecule has 2 heterocycles. The third kappa shape index (κ3) is 4.90. The van der Waals surface area contributed by atoms with Crippen LogP contribution in [0.1, 0.15) is 21.7 Å². The molecule has 0 aliphatic rings. The molecule has 1 amide bonds. The lowest BCUT2D eigenvalue weighted by Crippen LogP contribution is -2.11. The normalized spacial score (nSPS) is 12.1. The number of hydrogen-bond donors (Lipinski definition) is 1. The Morgan fingerprint density at radius 2 is 1.19 bits per heavy atom. The van der Waals surface area contributed by atoms with Crippen molar-refractivity contribution >= 4 is 5.91 Å². The minimum atomic E-state index is -4.71. The zero-order valence-corrected chi connectivity index (χ0v) is 15.7. The molecule has 0 saturated carbocycles. The van der Waals surface area contributed by atoms with E-state index in [1.807, 2.05) is 0 Å². The molecule has 2 N–H and O–H groups in total. The minimum Gasteiger partial charge on any atom is -0.439 e. The number of aromatic nitrogens is 4. The zero-order valence-electron chi connectivity index (χ0n) is 15.7. The van der Waals surface area contributed by atoms with Gasteiger partial charge in [0.2, 0.25) is 17.7 Å². The van der Waals surface area contributed by atoms with E-state index in [4.69, 9.17) is 15.2 Å². The number of halogens is 6. The Morgan fingerprint density at radius 1 is 0.806 bits per heavy atom. The van der Waals surface area contributed by atoms with E-state index in [0.29, 0.717) is 12.1 Å². The topological polar surface area (TPSA) is 97.2 Å². The Bertz CT molecular complexity index is 1050. The number of ether oxygens (including phenoxy) is 2. The summed E-state index contributed by atoms with van der Waals surface area (Å²) >= 11 is 0. The van der Waals surface area contributed by atoms with Gasteiger partial charge in [0.15, 0.2) is 11.4 Å². The SMILES string of the molecule is Cn1nc(C(F)(F)F)cc1Oc1cc(Oc2cc(C(F)(F)F)nn2C)cc(C(N)=O)c1. The summed E-state index contributed by atoms with van der Waals surface area (Å²) in [6.45, 7) is 0. The molecule has 3 aromatic rings. The Hall–Kier alpha value is -3.71. The van der Waals surface area contributed by atoms with Crippen LogP contribution in [0.2, 0.25) is 0 Å². The molecule has 0 fully saturated rings. The molecule has 166 valence electrons. The summed E-state index contributed by atoms with van der Waals surface area (Å²) in [5.74, 6) is -1.90. The molecule has 2 aromatic heterocycles. The van der Waals surface area contributed by atoms with Gasteiger partial charge in [0.25, 0.3) is 0 Å². The van der Waals surface area contributed by atoms with Crippen LogP contribution in [0.5, 0.6) is 23.3 Å². The fourth-order valence-electron chi connectivity index (χ4n) is 2.44. The summed E-state index contributed by atoms with van der Waals surface area (Å²) < 4.78 is 89.3. The molecule has 1 aromatic carbocycles. The third-order valence-electron chi connectivity index (χ3n) is 3.86. The molecule has 0 saturated heterocycles. The first-order chi connectivity index (χ1) is 14.2. The molecule has 3 rings (SSSR count). The maximum Gasteiger partial charge on any atom is 0.435 e. The lowest BCUT2D eigenvalue weighted by molar-refractivity contribution is -0.142. The average Bonchev–Trinajstić information content (AvgIpc) is 3.18. The predicted octanol–water partition coefficient (Wildman–Crippen LogP) is 3.87. The Labute approximate surface area is 169 Å². The molecule has 0 radical (unpaired) electrons. The minimum absolute atomic E-state index is 0.163. The van der Waals surface area contributed by atoms with Crippen molar-refractivity contribution in [3.8, 4) is 23.3 Å². The number of carbonyl (C=O) groups excluding carboxylic acids is 1. The van der Waals surface area contributed by atoms with Gasteiger partial charge in [-0.2, -0.15) is 36.5 Å². The summed E-state index contributed by atoms with van der Waals surface area (Å²) in [5, 5.41) is 6.58. The van der Waals surface area contributed by atoms with Crippen LogP contribution in [0, 0.1) is 0 Å². The molecular formula is C17H13F6N5O3. The van der Waals surface area contributed by atoms with Gasteiger partial charge in [-0.15, -0.1) is 0 Å². The number of carbonyl (C=O) groups is 1. The molecule has 8 nitrogen and oxygen atoms in total. The van der Waals surface area contributed by atoms with Gasteiger partial charge in [-0.25, -0.2) is 9.36 Å². The fourth-order valence-corrected chi connectivity index (χ4v) is 2.44. The van der Waals surface area contributed by atoms with E-state index in [0.717, 1.165) is 27.6 Å². The van der Waals surface area contributed by atoms with E-state index in [-0.39, 0.29) is 28.8 Å². The standard InChI is InChI=1S/C17H13F6N5O3/c1-27-13(6-11(25-27)16(18,19)20)30-9-3-8(15(24)29)4-10(5-9)31-14-7-12(17(21,22)23)26-28(14)2/h3-7H,1-2H3,(H2,24,29). The van der Waals surface area contributed by atoms with Gasteiger partial charge in [0.1, 0.15) is 11.5 Å². The molecule has 14 heteroatoms. The molecule has 0 spiro atoms. The summed E-state index contributed by atoms with van der Waals surface area (Å²) in [5.41, 5.74) is 2.66. The van der Waals surface area contributed by atoms with E-state index in [2.05, 4.69) is 10.2 Å². The van der Waals surface area contributed by atoms with Crippen molar-refractivity contribution in [2.24, 2.45) is 19.8 Å². The van der Waals surface area contributed by atoms with Crippen LogP contribution >= 0.6 is 0 Å². The van der Waals surface area contributed by atoms with E-state index >= 15 is 0 Å². The molecule has 0 unspecified atom stereocenters. The maximum absolute atomic E-state index is 12.8.